The zero-order chi connectivity index (χ0) is 39.3. The Bertz CT molecular complexity index is 1670. The Morgan fingerprint density at radius 2 is 1.35 bits per heavy atom. The highest BCUT2D eigenvalue weighted by Gasteiger charge is 2.54. The van der Waals surface area contributed by atoms with Crippen molar-refractivity contribution < 1.29 is 28.1 Å². The Morgan fingerprint density at radius 3 is 1.87 bits per heavy atom. The standard InChI is InChI=1S/C40H51Cl3N4O6Si/c1-25-28(4)50-36(27(3)34(25)48-23-29-17-11-8-12-18-29)52-35-26(2)33(46-47-45)37(53-38(44)40(41,42)43)51-32(35)24-49-54(39(5,6)7,30-19-13-9-14-20-30)31-21-15-10-16-22-31/h8-22,25-28,32-37,44H,23-24H2,1-7H3/t25-,26-,27?,28?,32?,33?,34-,35-,36+,37-/m1/s1. The van der Waals surface area contributed by atoms with Crippen LogP contribution in [0.2, 0.25) is 5.04 Å². The molecule has 2 aliphatic rings. The second-order valence-corrected chi connectivity index (χ2v) is 21.9. The summed E-state index contributed by atoms with van der Waals surface area (Å²) in [7, 11) is -3.06. The van der Waals surface area contributed by atoms with Crippen molar-refractivity contribution in [1.29, 1.82) is 5.41 Å². The molecule has 2 heterocycles. The molecule has 10 atom stereocenters. The van der Waals surface area contributed by atoms with Gasteiger partial charge in [-0.25, -0.2) is 0 Å². The number of azide groups is 1. The molecule has 0 radical (unpaired) electrons. The van der Waals surface area contributed by atoms with Crippen molar-refractivity contribution >= 4 is 59.4 Å². The summed E-state index contributed by atoms with van der Waals surface area (Å²) in [6, 6.07) is 29.6. The van der Waals surface area contributed by atoms with E-state index < -0.39 is 54.8 Å². The van der Waals surface area contributed by atoms with Gasteiger partial charge in [-0.05, 0) is 39.3 Å². The van der Waals surface area contributed by atoms with Crippen LogP contribution in [0.3, 0.4) is 0 Å². The van der Waals surface area contributed by atoms with Gasteiger partial charge in [-0.15, -0.1) is 0 Å². The first-order valence-electron chi connectivity index (χ1n) is 18.3. The fourth-order valence-electron chi connectivity index (χ4n) is 7.67. The van der Waals surface area contributed by atoms with Crippen LogP contribution in [0.4, 0.5) is 0 Å². The maximum Gasteiger partial charge on any atom is 0.265 e. The average Bonchev–Trinajstić information content (AvgIpc) is 3.14. The van der Waals surface area contributed by atoms with E-state index in [-0.39, 0.29) is 35.7 Å². The van der Waals surface area contributed by atoms with Crippen molar-refractivity contribution in [3.63, 3.8) is 0 Å². The number of nitrogens with one attached hydrogen (secondary N) is 1. The lowest BCUT2D eigenvalue weighted by molar-refractivity contribution is -0.318. The highest BCUT2D eigenvalue weighted by molar-refractivity contribution is 6.99. The smallest absolute Gasteiger partial charge is 0.265 e. The minimum absolute atomic E-state index is 0.0627. The first-order valence-corrected chi connectivity index (χ1v) is 21.4. The highest BCUT2D eigenvalue weighted by atomic mass is 35.6. The van der Waals surface area contributed by atoms with Crippen LogP contribution >= 0.6 is 34.8 Å². The van der Waals surface area contributed by atoms with Crippen LogP contribution in [0.5, 0.6) is 0 Å². The first-order chi connectivity index (χ1) is 25.6. The van der Waals surface area contributed by atoms with Crippen LogP contribution in [-0.2, 0) is 34.7 Å². The van der Waals surface area contributed by atoms with E-state index in [1.54, 1.807) is 0 Å². The molecule has 2 fully saturated rings. The van der Waals surface area contributed by atoms with Gasteiger partial charge < -0.3 is 28.1 Å². The van der Waals surface area contributed by atoms with Crippen molar-refractivity contribution in [1.82, 2.24) is 0 Å². The van der Waals surface area contributed by atoms with Gasteiger partial charge in [0.25, 0.3) is 12.1 Å². The normalized spacial score (nSPS) is 29.2. The predicted molar refractivity (Wildman–Crippen MR) is 216 cm³/mol. The van der Waals surface area contributed by atoms with E-state index in [0.717, 1.165) is 15.9 Å². The Labute approximate surface area is 334 Å². The molecule has 0 saturated carbocycles. The van der Waals surface area contributed by atoms with Gasteiger partial charge in [-0.1, -0.05) is 172 Å². The van der Waals surface area contributed by atoms with Crippen molar-refractivity contribution in [2.75, 3.05) is 6.61 Å². The van der Waals surface area contributed by atoms with Gasteiger partial charge in [-0.2, -0.15) is 0 Å². The maximum absolute atomic E-state index is 9.68. The fourth-order valence-corrected chi connectivity index (χ4v) is 12.4. The number of benzene rings is 3. The summed E-state index contributed by atoms with van der Waals surface area (Å²) in [5.74, 6) is -1.29. The van der Waals surface area contributed by atoms with Gasteiger partial charge >= 0.3 is 0 Å². The van der Waals surface area contributed by atoms with E-state index in [2.05, 4.69) is 68.9 Å². The Kier molecular flexibility index (Phi) is 14.2. The van der Waals surface area contributed by atoms with E-state index in [9.17, 15) is 5.53 Å². The molecule has 3 aromatic rings. The molecule has 0 aliphatic carbocycles. The Balaban J connectivity index is 1.52. The van der Waals surface area contributed by atoms with Crippen molar-refractivity contribution in [3.05, 3.63) is 107 Å². The predicted octanol–water partition coefficient (Wildman–Crippen LogP) is 8.95. The summed E-state index contributed by atoms with van der Waals surface area (Å²) >= 11 is 18.1. The zero-order valence-corrected chi connectivity index (χ0v) is 35.0. The van der Waals surface area contributed by atoms with E-state index in [1.165, 1.54) is 0 Å². The van der Waals surface area contributed by atoms with Crippen LogP contribution in [0.15, 0.2) is 96.1 Å². The molecule has 2 saturated heterocycles. The molecular formula is C40H51Cl3N4O6Si. The zero-order valence-electron chi connectivity index (χ0n) is 31.8. The molecule has 54 heavy (non-hydrogen) atoms. The lowest BCUT2D eigenvalue weighted by Gasteiger charge is -2.49. The average molecular weight is 818 g/mol. The van der Waals surface area contributed by atoms with Gasteiger partial charge in [0.15, 0.2) is 6.29 Å². The number of hydrogen-bond donors (Lipinski definition) is 1. The number of nitrogens with zero attached hydrogens (tertiary/aromatic N) is 3. The minimum Gasteiger partial charge on any atom is -0.448 e. The van der Waals surface area contributed by atoms with Gasteiger partial charge in [0.05, 0.1) is 31.5 Å². The molecule has 2 aliphatic heterocycles. The molecular weight excluding hydrogens is 767 g/mol. The van der Waals surface area contributed by atoms with Gasteiger partial charge in [0.1, 0.15) is 12.1 Å². The first kappa shape index (κ1) is 42.5. The lowest BCUT2D eigenvalue weighted by Crippen LogP contribution is -2.68. The van der Waals surface area contributed by atoms with E-state index >= 15 is 0 Å². The number of alkyl halides is 3. The summed E-state index contributed by atoms with van der Waals surface area (Å²) in [6.07, 6.45) is -3.87. The summed E-state index contributed by atoms with van der Waals surface area (Å²) in [5, 5.41) is 14.3. The third-order valence-corrected chi connectivity index (χ3v) is 16.2. The lowest BCUT2D eigenvalue weighted by atomic mass is 9.85. The van der Waals surface area contributed by atoms with Crippen LogP contribution < -0.4 is 10.4 Å². The van der Waals surface area contributed by atoms with Gasteiger partial charge in [0.2, 0.25) is 12.2 Å². The number of ether oxygens (including phenoxy) is 5. The highest BCUT2D eigenvalue weighted by Crippen LogP contribution is 2.41. The van der Waals surface area contributed by atoms with Crippen LogP contribution in [-0.4, -0.2) is 67.7 Å². The van der Waals surface area contributed by atoms with Crippen molar-refractivity contribution in [3.8, 4) is 0 Å². The summed E-state index contributed by atoms with van der Waals surface area (Å²) < 4.78 is 37.7. The van der Waals surface area contributed by atoms with Gasteiger partial charge in [0, 0.05) is 16.7 Å². The largest absolute Gasteiger partial charge is 0.448 e. The number of hydrogen-bond acceptors (Lipinski definition) is 8. The SMILES string of the molecule is CC1O[C@@H](O[C@H]2C(CO[Si](c3ccccc3)(c3ccccc3)C(C)(C)C)O[C@H](OC(=N)C(Cl)(Cl)Cl)C(N=[N+]=[N-])[C@H]2C)C(C)[C@H](OCc2ccccc2)[C@@H]1C. The third kappa shape index (κ3) is 9.46. The topological polar surface area (TPSA) is 128 Å². The van der Waals surface area contributed by atoms with Crippen molar-refractivity contribution in [2.45, 2.75) is 107 Å². The molecule has 1 N–H and O–H groups in total. The molecule has 0 amide bonds. The molecule has 292 valence electrons. The van der Waals surface area contributed by atoms with Gasteiger partial charge in [-0.3, -0.25) is 5.41 Å². The molecule has 3 aromatic carbocycles. The summed E-state index contributed by atoms with van der Waals surface area (Å²) in [5.41, 5.74) is 10.8. The second kappa shape index (κ2) is 18.1. The fraction of sp³-hybridized carbons (Fsp3) is 0.525. The maximum atomic E-state index is 9.68. The van der Waals surface area contributed by atoms with E-state index in [4.69, 9.17) is 68.3 Å². The monoisotopic (exact) mass is 816 g/mol. The van der Waals surface area contributed by atoms with Crippen LogP contribution in [0.25, 0.3) is 10.4 Å². The molecule has 14 heteroatoms. The Hall–Kier alpha value is -2.67. The second-order valence-electron chi connectivity index (χ2n) is 15.3. The van der Waals surface area contributed by atoms with Crippen LogP contribution in [0, 0.1) is 23.2 Å². The molecule has 5 rings (SSSR count). The molecule has 0 spiro atoms. The number of rotatable bonds is 12. The summed E-state index contributed by atoms with van der Waals surface area (Å²) in [6.45, 7) is 15.2. The van der Waals surface area contributed by atoms with E-state index in [1.807, 2.05) is 80.6 Å². The van der Waals surface area contributed by atoms with Crippen LogP contribution in [0.1, 0.15) is 54.0 Å². The summed E-state index contributed by atoms with van der Waals surface area (Å²) in [4.78, 5) is 3.10. The molecule has 4 unspecified atom stereocenters. The molecule has 0 aromatic heterocycles. The van der Waals surface area contributed by atoms with Crippen molar-refractivity contribution in [2.24, 2.45) is 22.9 Å². The Morgan fingerprint density at radius 1 is 0.796 bits per heavy atom. The molecule has 0 bridgehead atoms. The third-order valence-electron chi connectivity index (χ3n) is 10.7. The molecule has 10 nitrogen and oxygen atoms in total. The quantitative estimate of drug-likeness (QED) is 0.0370. The minimum atomic E-state index is -3.06. The van der Waals surface area contributed by atoms with E-state index in [0.29, 0.717) is 6.61 Å². The number of halogens is 3.